The first kappa shape index (κ1) is 14.1. The molecule has 2 aliphatic rings. The SMILES string of the molecule is CCCNc1cc(N(CCC#N)C2CC2)nc(C2CC2)n1. The van der Waals surface area contributed by atoms with E-state index in [0.717, 1.165) is 37.0 Å². The fourth-order valence-electron chi connectivity index (χ4n) is 2.51. The lowest BCUT2D eigenvalue weighted by Gasteiger charge is -2.23. The molecular formula is C16H23N5. The molecule has 0 atom stereocenters. The van der Waals surface area contributed by atoms with Gasteiger partial charge in [0.25, 0.3) is 0 Å². The summed E-state index contributed by atoms with van der Waals surface area (Å²) in [5, 5.41) is 12.3. The predicted octanol–water partition coefficient (Wildman–Crippen LogP) is 3.06. The number of anilines is 2. The molecule has 3 rings (SSSR count). The minimum atomic E-state index is 0.546. The highest BCUT2D eigenvalue weighted by Crippen LogP contribution is 2.40. The summed E-state index contributed by atoms with van der Waals surface area (Å²) in [7, 11) is 0. The monoisotopic (exact) mass is 285 g/mol. The second kappa shape index (κ2) is 6.30. The van der Waals surface area contributed by atoms with Gasteiger partial charge in [-0.2, -0.15) is 5.26 Å². The van der Waals surface area contributed by atoms with Gasteiger partial charge in [-0.15, -0.1) is 0 Å². The van der Waals surface area contributed by atoms with Crippen molar-refractivity contribution >= 4 is 11.6 Å². The number of hydrogen-bond donors (Lipinski definition) is 1. The number of aromatic nitrogens is 2. The molecule has 1 aromatic rings. The molecule has 0 unspecified atom stereocenters. The van der Waals surface area contributed by atoms with Crippen molar-refractivity contribution in [2.24, 2.45) is 0 Å². The van der Waals surface area contributed by atoms with E-state index >= 15 is 0 Å². The largest absolute Gasteiger partial charge is 0.370 e. The molecule has 0 spiro atoms. The average Bonchev–Trinajstić information content (AvgIpc) is 3.38. The van der Waals surface area contributed by atoms with E-state index in [1.807, 2.05) is 0 Å². The van der Waals surface area contributed by atoms with E-state index in [1.54, 1.807) is 0 Å². The zero-order valence-corrected chi connectivity index (χ0v) is 12.7. The van der Waals surface area contributed by atoms with Crippen molar-refractivity contribution in [2.75, 3.05) is 23.3 Å². The van der Waals surface area contributed by atoms with Crippen LogP contribution in [0, 0.1) is 11.3 Å². The minimum Gasteiger partial charge on any atom is -0.370 e. The predicted molar refractivity (Wildman–Crippen MR) is 83.4 cm³/mol. The number of hydrogen-bond acceptors (Lipinski definition) is 5. The summed E-state index contributed by atoms with van der Waals surface area (Å²) >= 11 is 0. The molecule has 0 aromatic carbocycles. The Morgan fingerprint density at radius 1 is 1.33 bits per heavy atom. The molecule has 0 amide bonds. The van der Waals surface area contributed by atoms with E-state index in [2.05, 4.69) is 34.3 Å². The van der Waals surface area contributed by atoms with Crippen LogP contribution in [-0.2, 0) is 0 Å². The minimum absolute atomic E-state index is 0.546. The van der Waals surface area contributed by atoms with Crippen LogP contribution < -0.4 is 10.2 Å². The Kier molecular flexibility index (Phi) is 4.23. The molecule has 5 heteroatoms. The Labute approximate surface area is 126 Å². The molecule has 1 heterocycles. The molecule has 112 valence electrons. The lowest BCUT2D eigenvalue weighted by molar-refractivity contribution is 0.765. The highest BCUT2D eigenvalue weighted by Gasteiger charge is 2.32. The maximum absolute atomic E-state index is 8.87. The summed E-state index contributed by atoms with van der Waals surface area (Å²) in [6.45, 7) is 3.86. The quantitative estimate of drug-likeness (QED) is 0.795. The molecule has 0 saturated heterocycles. The van der Waals surface area contributed by atoms with Gasteiger partial charge in [0.15, 0.2) is 0 Å². The smallest absolute Gasteiger partial charge is 0.136 e. The molecular weight excluding hydrogens is 262 g/mol. The number of nitrogens with zero attached hydrogens (tertiary/aromatic N) is 4. The van der Waals surface area contributed by atoms with Crippen molar-refractivity contribution in [3.05, 3.63) is 11.9 Å². The third kappa shape index (κ3) is 3.63. The first-order valence-corrected chi connectivity index (χ1v) is 8.08. The van der Waals surface area contributed by atoms with Gasteiger partial charge >= 0.3 is 0 Å². The standard InChI is InChI=1S/C16H23N5/c1-2-9-18-14-11-15(20-16(19-14)12-4-5-12)21(10-3-8-17)13-6-7-13/h11-13H,2-7,9-10H2,1H3,(H,18,19,20). The molecule has 0 bridgehead atoms. The van der Waals surface area contributed by atoms with Crippen LogP contribution in [0.25, 0.3) is 0 Å². The van der Waals surface area contributed by atoms with E-state index in [0.29, 0.717) is 18.4 Å². The van der Waals surface area contributed by atoms with Gasteiger partial charge in [-0.25, -0.2) is 9.97 Å². The Hall–Kier alpha value is -1.83. The van der Waals surface area contributed by atoms with Crippen molar-refractivity contribution in [3.8, 4) is 6.07 Å². The molecule has 2 aliphatic carbocycles. The first-order valence-electron chi connectivity index (χ1n) is 8.08. The third-order valence-corrected chi connectivity index (χ3v) is 3.97. The second-order valence-electron chi connectivity index (χ2n) is 6.00. The van der Waals surface area contributed by atoms with Crippen molar-refractivity contribution in [2.45, 2.75) is 57.4 Å². The highest BCUT2D eigenvalue weighted by atomic mass is 15.2. The van der Waals surface area contributed by atoms with Crippen LogP contribution in [0.3, 0.4) is 0 Å². The zero-order valence-electron chi connectivity index (χ0n) is 12.7. The van der Waals surface area contributed by atoms with E-state index in [9.17, 15) is 0 Å². The molecule has 1 N–H and O–H groups in total. The van der Waals surface area contributed by atoms with Crippen LogP contribution in [0.2, 0.25) is 0 Å². The second-order valence-corrected chi connectivity index (χ2v) is 6.00. The van der Waals surface area contributed by atoms with Gasteiger partial charge < -0.3 is 10.2 Å². The Balaban J connectivity index is 1.83. The summed E-state index contributed by atoms with van der Waals surface area (Å²) in [6, 6.07) is 4.87. The van der Waals surface area contributed by atoms with Gasteiger partial charge in [-0.05, 0) is 32.1 Å². The third-order valence-electron chi connectivity index (χ3n) is 3.97. The van der Waals surface area contributed by atoms with Crippen LogP contribution in [-0.4, -0.2) is 29.1 Å². The molecule has 0 radical (unpaired) electrons. The van der Waals surface area contributed by atoms with Crippen LogP contribution in [0.1, 0.15) is 57.2 Å². The van der Waals surface area contributed by atoms with Gasteiger partial charge in [0, 0.05) is 31.1 Å². The molecule has 2 fully saturated rings. The van der Waals surface area contributed by atoms with Crippen molar-refractivity contribution in [1.29, 1.82) is 5.26 Å². The van der Waals surface area contributed by atoms with Crippen molar-refractivity contribution < 1.29 is 0 Å². The number of nitriles is 1. The van der Waals surface area contributed by atoms with Gasteiger partial charge in [0.05, 0.1) is 12.5 Å². The van der Waals surface area contributed by atoms with E-state index < -0.39 is 0 Å². The molecule has 5 nitrogen and oxygen atoms in total. The Morgan fingerprint density at radius 2 is 2.14 bits per heavy atom. The maximum Gasteiger partial charge on any atom is 0.136 e. The topological polar surface area (TPSA) is 64.8 Å². The first-order chi connectivity index (χ1) is 10.3. The molecule has 1 aromatic heterocycles. The highest BCUT2D eigenvalue weighted by molar-refractivity contribution is 5.51. The van der Waals surface area contributed by atoms with Gasteiger partial charge in [-0.3, -0.25) is 0 Å². The van der Waals surface area contributed by atoms with Crippen LogP contribution in [0.4, 0.5) is 11.6 Å². The fraction of sp³-hybridized carbons (Fsp3) is 0.688. The van der Waals surface area contributed by atoms with Crippen LogP contribution in [0.15, 0.2) is 6.07 Å². The summed E-state index contributed by atoms with van der Waals surface area (Å²) in [5.74, 6) is 3.47. The Morgan fingerprint density at radius 3 is 2.76 bits per heavy atom. The maximum atomic E-state index is 8.87. The van der Waals surface area contributed by atoms with Crippen LogP contribution in [0.5, 0.6) is 0 Å². The molecule has 0 aliphatic heterocycles. The lowest BCUT2D eigenvalue weighted by atomic mass is 10.3. The molecule has 21 heavy (non-hydrogen) atoms. The van der Waals surface area contributed by atoms with E-state index in [4.69, 9.17) is 10.2 Å². The number of rotatable bonds is 8. The number of nitrogens with one attached hydrogen (secondary N) is 1. The van der Waals surface area contributed by atoms with Crippen LogP contribution >= 0.6 is 0 Å². The van der Waals surface area contributed by atoms with Gasteiger partial charge in [-0.1, -0.05) is 6.92 Å². The lowest BCUT2D eigenvalue weighted by Crippen LogP contribution is -2.28. The average molecular weight is 285 g/mol. The fourth-order valence-corrected chi connectivity index (χ4v) is 2.51. The normalized spacial score (nSPS) is 17.3. The summed E-state index contributed by atoms with van der Waals surface area (Å²) < 4.78 is 0. The van der Waals surface area contributed by atoms with E-state index in [1.165, 1.54) is 25.7 Å². The summed E-state index contributed by atoms with van der Waals surface area (Å²) in [5.41, 5.74) is 0. The summed E-state index contributed by atoms with van der Waals surface area (Å²) in [6.07, 6.45) is 6.48. The van der Waals surface area contributed by atoms with Crippen molar-refractivity contribution in [3.63, 3.8) is 0 Å². The molecule has 2 saturated carbocycles. The van der Waals surface area contributed by atoms with E-state index in [-0.39, 0.29) is 0 Å². The zero-order chi connectivity index (χ0) is 14.7. The van der Waals surface area contributed by atoms with Crippen molar-refractivity contribution in [1.82, 2.24) is 9.97 Å². The van der Waals surface area contributed by atoms with Gasteiger partial charge in [0.2, 0.25) is 0 Å². The summed E-state index contributed by atoms with van der Waals surface area (Å²) in [4.78, 5) is 11.7. The van der Waals surface area contributed by atoms with Gasteiger partial charge in [0.1, 0.15) is 17.5 Å². The Bertz CT molecular complexity index is 528.